The van der Waals surface area contributed by atoms with Crippen LogP contribution in [0.4, 0.5) is 0 Å². The van der Waals surface area contributed by atoms with E-state index in [9.17, 15) is 9.90 Å². The molecule has 6 heteroatoms. The minimum atomic E-state index is -0.289. The largest absolute Gasteiger partial charge is 0.508 e. The van der Waals surface area contributed by atoms with Gasteiger partial charge < -0.3 is 19.6 Å². The lowest BCUT2D eigenvalue weighted by molar-refractivity contribution is -0.139. The number of aromatic amines is 1. The van der Waals surface area contributed by atoms with Crippen molar-refractivity contribution in [2.75, 3.05) is 20.2 Å². The van der Waals surface area contributed by atoms with Crippen LogP contribution in [-0.2, 0) is 20.7 Å². The molecule has 1 aromatic heterocycles. The van der Waals surface area contributed by atoms with Crippen LogP contribution >= 0.6 is 0 Å². The van der Waals surface area contributed by atoms with Gasteiger partial charge in [-0.2, -0.15) is 0 Å². The SMILES string of the molecule is COC(=O)C1=CO[C@@H](C)[C@H]2CN3CCc4c([nH]c5cc(O)ccc45)C3CC12. The summed E-state index contributed by atoms with van der Waals surface area (Å²) in [6.45, 7) is 3.99. The molecule has 3 aliphatic rings. The molecule has 6 nitrogen and oxygen atoms in total. The second kappa shape index (κ2) is 6.02. The maximum Gasteiger partial charge on any atom is 0.337 e. The highest BCUT2D eigenvalue weighted by atomic mass is 16.5. The van der Waals surface area contributed by atoms with E-state index in [1.54, 1.807) is 18.4 Å². The Hall–Kier alpha value is -2.47. The zero-order valence-corrected chi connectivity index (χ0v) is 15.6. The van der Waals surface area contributed by atoms with Crippen LogP contribution in [0.5, 0.6) is 5.75 Å². The van der Waals surface area contributed by atoms with E-state index in [1.807, 2.05) is 6.07 Å². The van der Waals surface area contributed by atoms with Crippen LogP contribution in [0.25, 0.3) is 10.9 Å². The number of aromatic hydroxyl groups is 1. The van der Waals surface area contributed by atoms with Crippen LogP contribution in [0.15, 0.2) is 30.0 Å². The quantitative estimate of drug-likeness (QED) is 0.757. The third-order valence-electron chi connectivity index (χ3n) is 6.62. The van der Waals surface area contributed by atoms with Gasteiger partial charge in [0.25, 0.3) is 0 Å². The number of carbonyl (C=O) groups excluding carboxylic acids is 1. The van der Waals surface area contributed by atoms with E-state index in [0.717, 1.165) is 31.4 Å². The van der Waals surface area contributed by atoms with E-state index in [1.165, 1.54) is 23.8 Å². The van der Waals surface area contributed by atoms with Crippen molar-refractivity contribution in [2.24, 2.45) is 11.8 Å². The fourth-order valence-electron chi connectivity index (χ4n) is 5.23. The number of fused-ring (bicyclic) bond motifs is 6. The number of ether oxygens (including phenoxy) is 2. The Balaban J connectivity index is 1.55. The van der Waals surface area contributed by atoms with Gasteiger partial charge in [-0.25, -0.2) is 4.79 Å². The molecule has 0 radical (unpaired) electrons. The molecule has 5 rings (SSSR count). The molecule has 3 aliphatic heterocycles. The molecular formula is C21H24N2O4. The molecule has 1 fully saturated rings. The van der Waals surface area contributed by atoms with Gasteiger partial charge in [0.2, 0.25) is 0 Å². The Morgan fingerprint density at radius 3 is 3.07 bits per heavy atom. The topological polar surface area (TPSA) is 74.8 Å². The molecular weight excluding hydrogens is 344 g/mol. The van der Waals surface area contributed by atoms with Crippen molar-refractivity contribution in [3.05, 3.63) is 41.3 Å². The standard InChI is InChI=1S/C21H24N2O4/c1-11-16-9-23-6-5-14-13-4-3-12(24)7-18(13)22-20(14)19(23)8-15(16)17(10-27-11)21(25)26-2/h3-4,7,10-11,15-16,19,22,24H,5-6,8-9H2,1-2H3/t11-,15?,16+,19?/m0/s1. The zero-order chi connectivity index (χ0) is 18.7. The molecule has 0 aliphatic carbocycles. The summed E-state index contributed by atoms with van der Waals surface area (Å²) >= 11 is 0. The number of rotatable bonds is 1. The highest BCUT2D eigenvalue weighted by Crippen LogP contribution is 2.47. The highest BCUT2D eigenvalue weighted by molar-refractivity contribution is 5.89. The predicted molar refractivity (Wildman–Crippen MR) is 100 cm³/mol. The highest BCUT2D eigenvalue weighted by Gasteiger charge is 2.46. The molecule has 27 heavy (non-hydrogen) atoms. The molecule has 0 spiro atoms. The van der Waals surface area contributed by atoms with Crippen LogP contribution in [-0.4, -0.2) is 47.3 Å². The molecule has 0 saturated carbocycles. The molecule has 1 saturated heterocycles. The number of phenolic OH excluding ortho intramolecular Hbond substituents is 1. The molecule has 2 aromatic rings. The maximum atomic E-state index is 12.3. The van der Waals surface area contributed by atoms with Crippen molar-refractivity contribution in [1.29, 1.82) is 0 Å². The van der Waals surface area contributed by atoms with E-state index >= 15 is 0 Å². The lowest BCUT2D eigenvalue weighted by atomic mass is 9.72. The van der Waals surface area contributed by atoms with Crippen LogP contribution in [0.1, 0.15) is 30.6 Å². The van der Waals surface area contributed by atoms with E-state index in [0.29, 0.717) is 5.57 Å². The van der Waals surface area contributed by atoms with Gasteiger partial charge in [0.15, 0.2) is 0 Å². The summed E-state index contributed by atoms with van der Waals surface area (Å²) in [6.07, 6.45) is 3.55. The van der Waals surface area contributed by atoms with Gasteiger partial charge >= 0.3 is 5.97 Å². The molecule has 0 bridgehead atoms. The number of carbonyl (C=O) groups is 1. The lowest BCUT2D eigenvalue weighted by Gasteiger charge is -2.49. The van der Waals surface area contributed by atoms with Gasteiger partial charge in [-0.05, 0) is 37.5 Å². The third kappa shape index (κ3) is 2.46. The van der Waals surface area contributed by atoms with Gasteiger partial charge in [-0.1, -0.05) is 0 Å². The first kappa shape index (κ1) is 16.7. The number of benzene rings is 1. The minimum Gasteiger partial charge on any atom is -0.508 e. The first-order valence-electron chi connectivity index (χ1n) is 9.58. The Morgan fingerprint density at radius 1 is 1.41 bits per heavy atom. The van der Waals surface area contributed by atoms with Crippen LogP contribution in [0.2, 0.25) is 0 Å². The Labute approximate surface area is 157 Å². The zero-order valence-electron chi connectivity index (χ0n) is 15.6. The second-order valence-corrected chi connectivity index (χ2v) is 7.92. The molecule has 4 heterocycles. The normalized spacial score (nSPS) is 29.9. The molecule has 2 unspecified atom stereocenters. The Morgan fingerprint density at radius 2 is 2.26 bits per heavy atom. The number of nitrogens with zero attached hydrogens (tertiary/aromatic N) is 1. The van der Waals surface area contributed by atoms with Crippen LogP contribution < -0.4 is 0 Å². The number of methoxy groups -OCH3 is 1. The van der Waals surface area contributed by atoms with Crippen LogP contribution in [0.3, 0.4) is 0 Å². The molecule has 142 valence electrons. The molecule has 2 N–H and O–H groups in total. The predicted octanol–water partition coefficient (Wildman–Crippen LogP) is 2.88. The van der Waals surface area contributed by atoms with E-state index in [4.69, 9.17) is 9.47 Å². The summed E-state index contributed by atoms with van der Waals surface area (Å²) in [6, 6.07) is 5.78. The summed E-state index contributed by atoms with van der Waals surface area (Å²) in [4.78, 5) is 18.4. The summed E-state index contributed by atoms with van der Waals surface area (Å²) in [5.74, 6) is 0.405. The number of hydrogen-bond donors (Lipinski definition) is 2. The average Bonchev–Trinajstić information content (AvgIpc) is 3.04. The first-order chi connectivity index (χ1) is 13.1. The number of hydrogen-bond acceptors (Lipinski definition) is 5. The average molecular weight is 368 g/mol. The summed E-state index contributed by atoms with van der Waals surface area (Å²) in [5.41, 5.74) is 4.20. The van der Waals surface area contributed by atoms with Crippen LogP contribution in [0, 0.1) is 11.8 Å². The fraction of sp³-hybridized carbons (Fsp3) is 0.476. The Bertz CT molecular complexity index is 947. The monoisotopic (exact) mass is 368 g/mol. The number of H-pyrrole nitrogens is 1. The van der Waals surface area contributed by atoms with Crippen molar-refractivity contribution in [3.63, 3.8) is 0 Å². The summed E-state index contributed by atoms with van der Waals surface area (Å²) in [5, 5.41) is 11.0. The van der Waals surface area contributed by atoms with E-state index < -0.39 is 0 Å². The smallest absolute Gasteiger partial charge is 0.337 e. The first-order valence-corrected chi connectivity index (χ1v) is 9.58. The molecule has 1 aromatic carbocycles. The van der Waals surface area contributed by atoms with Gasteiger partial charge in [-0.15, -0.1) is 0 Å². The number of esters is 1. The van der Waals surface area contributed by atoms with Crippen molar-refractivity contribution < 1.29 is 19.4 Å². The van der Waals surface area contributed by atoms with Gasteiger partial charge in [0.05, 0.1) is 31.1 Å². The number of nitrogens with one attached hydrogen (secondary N) is 1. The van der Waals surface area contributed by atoms with Gasteiger partial charge in [0.1, 0.15) is 5.75 Å². The number of phenols is 1. The lowest BCUT2D eigenvalue weighted by Crippen LogP contribution is -2.51. The third-order valence-corrected chi connectivity index (χ3v) is 6.62. The number of piperidine rings is 1. The van der Waals surface area contributed by atoms with Gasteiger partial charge in [-0.3, -0.25) is 4.90 Å². The summed E-state index contributed by atoms with van der Waals surface area (Å²) in [7, 11) is 1.42. The van der Waals surface area contributed by atoms with Crippen molar-refractivity contribution in [3.8, 4) is 5.75 Å². The summed E-state index contributed by atoms with van der Waals surface area (Å²) < 4.78 is 10.8. The van der Waals surface area contributed by atoms with Crippen molar-refractivity contribution in [1.82, 2.24) is 9.88 Å². The van der Waals surface area contributed by atoms with Crippen molar-refractivity contribution in [2.45, 2.75) is 31.9 Å². The Kier molecular flexibility index (Phi) is 3.72. The molecule has 4 atom stereocenters. The van der Waals surface area contributed by atoms with E-state index in [-0.39, 0.29) is 35.7 Å². The maximum absolute atomic E-state index is 12.3. The fourth-order valence-corrected chi connectivity index (χ4v) is 5.23. The van der Waals surface area contributed by atoms with Crippen molar-refractivity contribution >= 4 is 16.9 Å². The van der Waals surface area contributed by atoms with E-state index in [2.05, 4.69) is 16.8 Å². The molecule has 0 amide bonds. The van der Waals surface area contributed by atoms with Gasteiger partial charge in [0, 0.05) is 47.6 Å². The minimum absolute atomic E-state index is 0.0883. The second-order valence-electron chi connectivity index (χ2n) is 7.92. The number of aromatic nitrogens is 1.